The number of benzene rings is 3. The molecule has 4 rings (SSSR count). The Bertz CT molecular complexity index is 1500. The molecule has 0 saturated heterocycles. The summed E-state index contributed by atoms with van der Waals surface area (Å²) in [4.78, 5) is 41.6. The highest BCUT2D eigenvalue weighted by Gasteiger charge is 2.34. The van der Waals surface area contributed by atoms with Crippen LogP contribution in [0.2, 0.25) is 0 Å². The number of nitrogens with one attached hydrogen (secondary N) is 1. The molecule has 0 spiro atoms. The number of hydrogen-bond donors (Lipinski definition) is 1. The van der Waals surface area contributed by atoms with Crippen LogP contribution in [0, 0.1) is 6.92 Å². The lowest BCUT2D eigenvalue weighted by molar-refractivity contribution is -0.140. The minimum absolute atomic E-state index is 0.0499. The van der Waals surface area contributed by atoms with Gasteiger partial charge in [-0.25, -0.2) is 8.42 Å². The lowest BCUT2D eigenvalue weighted by Gasteiger charge is -2.34. The van der Waals surface area contributed by atoms with E-state index in [-0.39, 0.29) is 36.4 Å². The van der Waals surface area contributed by atoms with Gasteiger partial charge in [0.1, 0.15) is 12.6 Å². The molecule has 0 aromatic heterocycles. The number of carbonyl (C=O) groups is 3. The molecule has 0 aliphatic heterocycles. The molecular weight excluding hydrogens is 550 g/mol. The number of aryl methyl sites for hydroxylation is 1. The van der Waals surface area contributed by atoms with Crippen molar-refractivity contribution in [3.63, 3.8) is 0 Å². The largest absolute Gasteiger partial charge is 0.352 e. The molecule has 2 amide bonds. The van der Waals surface area contributed by atoms with Gasteiger partial charge in [0.25, 0.3) is 0 Å². The van der Waals surface area contributed by atoms with Gasteiger partial charge in [0.05, 0.1) is 11.9 Å². The molecule has 3 aromatic carbocycles. The average Bonchev–Trinajstić information content (AvgIpc) is 3.47. The monoisotopic (exact) mass is 589 g/mol. The highest BCUT2D eigenvalue weighted by Crippen LogP contribution is 2.23. The Morgan fingerprint density at radius 2 is 1.57 bits per heavy atom. The van der Waals surface area contributed by atoms with Crippen LogP contribution in [0.15, 0.2) is 78.9 Å². The Kier molecular flexibility index (Phi) is 10.2. The number of sulfonamides is 1. The van der Waals surface area contributed by atoms with E-state index in [1.165, 1.54) is 17.9 Å². The third-order valence-corrected chi connectivity index (χ3v) is 8.81. The Morgan fingerprint density at radius 1 is 0.905 bits per heavy atom. The zero-order chi connectivity index (χ0) is 30.3. The maximum absolute atomic E-state index is 14.2. The smallest absolute Gasteiger partial charge is 0.244 e. The van der Waals surface area contributed by atoms with Crippen LogP contribution in [0.4, 0.5) is 5.69 Å². The van der Waals surface area contributed by atoms with Gasteiger partial charge in [0, 0.05) is 24.6 Å². The van der Waals surface area contributed by atoms with Gasteiger partial charge in [-0.3, -0.25) is 18.7 Å². The van der Waals surface area contributed by atoms with Gasteiger partial charge in [-0.2, -0.15) is 0 Å². The van der Waals surface area contributed by atoms with Crippen LogP contribution in [0.1, 0.15) is 59.7 Å². The van der Waals surface area contributed by atoms with Crippen LogP contribution in [-0.4, -0.2) is 55.8 Å². The summed E-state index contributed by atoms with van der Waals surface area (Å²) in [6.45, 7) is 2.97. The summed E-state index contributed by atoms with van der Waals surface area (Å²) >= 11 is 0. The molecule has 42 heavy (non-hydrogen) atoms. The Balaban J connectivity index is 1.73. The van der Waals surface area contributed by atoms with Crippen molar-refractivity contribution in [1.82, 2.24) is 10.2 Å². The summed E-state index contributed by atoms with van der Waals surface area (Å²) in [6, 6.07) is 22.6. The van der Waals surface area contributed by atoms with Crippen molar-refractivity contribution in [3.05, 3.63) is 101 Å². The third-order valence-electron chi connectivity index (χ3n) is 7.67. The molecule has 0 heterocycles. The predicted octanol–water partition coefficient (Wildman–Crippen LogP) is 4.66. The third kappa shape index (κ3) is 8.28. The minimum Gasteiger partial charge on any atom is -0.352 e. The quantitative estimate of drug-likeness (QED) is 0.310. The number of carbonyl (C=O) groups excluding carboxylic acids is 3. The van der Waals surface area contributed by atoms with E-state index < -0.39 is 28.5 Å². The molecule has 8 nitrogen and oxygen atoms in total. The first-order chi connectivity index (χ1) is 20.0. The fourth-order valence-electron chi connectivity index (χ4n) is 5.31. The molecule has 0 radical (unpaired) electrons. The Morgan fingerprint density at radius 3 is 2.19 bits per heavy atom. The molecule has 3 aromatic rings. The molecule has 1 aliphatic carbocycles. The molecule has 1 atom stereocenters. The number of nitrogens with zero attached hydrogens (tertiary/aromatic N) is 2. The van der Waals surface area contributed by atoms with Gasteiger partial charge in [0.2, 0.25) is 21.8 Å². The summed E-state index contributed by atoms with van der Waals surface area (Å²) in [5.74, 6) is -0.989. The summed E-state index contributed by atoms with van der Waals surface area (Å²) < 4.78 is 27.0. The van der Waals surface area contributed by atoms with E-state index in [9.17, 15) is 22.8 Å². The van der Waals surface area contributed by atoms with Crippen molar-refractivity contribution < 1.29 is 22.8 Å². The molecule has 1 fully saturated rings. The van der Waals surface area contributed by atoms with E-state index in [2.05, 4.69) is 5.32 Å². The number of Topliss-reactive ketones (excluding diaryl/α,β-unsaturated/α-hetero) is 1. The van der Waals surface area contributed by atoms with Crippen LogP contribution in [0.3, 0.4) is 0 Å². The number of rotatable bonds is 12. The SMILES string of the molecule is CC(=O)c1cccc(N(CC(=O)N(Cc2ccc(C)cc2)[C@H](Cc2ccccc2)C(=O)NC2CCCC2)S(C)(=O)=O)c1. The lowest BCUT2D eigenvalue weighted by atomic mass is 10.0. The summed E-state index contributed by atoms with van der Waals surface area (Å²) in [7, 11) is -3.92. The van der Waals surface area contributed by atoms with E-state index in [4.69, 9.17) is 0 Å². The van der Waals surface area contributed by atoms with E-state index in [1.54, 1.807) is 18.2 Å². The maximum Gasteiger partial charge on any atom is 0.244 e. The van der Waals surface area contributed by atoms with Crippen molar-refractivity contribution >= 4 is 33.3 Å². The molecule has 1 saturated carbocycles. The second kappa shape index (κ2) is 13.8. The normalized spacial score (nSPS) is 14.3. The highest BCUT2D eigenvalue weighted by atomic mass is 32.2. The first-order valence-electron chi connectivity index (χ1n) is 14.3. The molecular formula is C33H39N3O5S. The first kappa shape index (κ1) is 31.0. The fourth-order valence-corrected chi connectivity index (χ4v) is 6.15. The van der Waals surface area contributed by atoms with Gasteiger partial charge in [-0.05, 0) is 49.9 Å². The molecule has 9 heteroatoms. The van der Waals surface area contributed by atoms with E-state index in [1.807, 2.05) is 61.5 Å². The van der Waals surface area contributed by atoms with Crippen molar-refractivity contribution in [3.8, 4) is 0 Å². The van der Waals surface area contributed by atoms with Crippen molar-refractivity contribution in [2.24, 2.45) is 0 Å². The van der Waals surface area contributed by atoms with Gasteiger partial charge in [-0.15, -0.1) is 0 Å². The molecule has 0 bridgehead atoms. The lowest BCUT2D eigenvalue weighted by Crippen LogP contribution is -2.54. The van der Waals surface area contributed by atoms with Crippen LogP contribution >= 0.6 is 0 Å². The maximum atomic E-state index is 14.2. The van der Waals surface area contributed by atoms with Crippen molar-refractivity contribution in [1.29, 1.82) is 0 Å². The second-order valence-electron chi connectivity index (χ2n) is 11.1. The van der Waals surface area contributed by atoms with Crippen LogP contribution in [-0.2, 0) is 32.6 Å². The van der Waals surface area contributed by atoms with Gasteiger partial charge >= 0.3 is 0 Å². The molecule has 222 valence electrons. The molecule has 0 unspecified atom stereocenters. The Labute approximate surface area is 248 Å². The second-order valence-corrected chi connectivity index (χ2v) is 13.0. The number of ketones is 1. The topological polar surface area (TPSA) is 104 Å². The van der Waals surface area contributed by atoms with Gasteiger partial charge in [0.15, 0.2) is 5.78 Å². The highest BCUT2D eigenvalue weighted by molar-refractivity contribution is 7.92. The minimum atomic E-state index is -3.92. The standard InChI is InChI=1S/C33H39N3O5S/c1-24-16-18-27(19-17-24)22-35(31(20-26-10-5-4-6-11-26)33(39)34-29-13-7-8-14-29)32(38)23-36(42(3,40)41)30-15-9-12-28(21-30)25(2)37/h4-6,9-12,15-19,21,29,31H,7-8,13-14,20,22-23H2,1-3H3,(H,34,39)/t31-/m1/s1. The summed E-state index contributed by atoms with van der Waals surface area (Å²) in [6.07, 6.45) is 5.18. The number of amides is 2. The Hall–Kier alpha value is -3.98. The van der Waals surface area contributed by atoms with Gasteiger partial charge in [-0.1, -0.05) is 85.1 Å². The van der Waals surface area contributed by atoms with E-state index in [0.717, 1.165) is 52.9 Å². The van der Waals surface area contributed by atoms with E-state index >= 15 is 0 Å². The van der Waals surface area contributed by atoms with Crippen molar-refractivity contribution in [2.75, 3.05) is 17.1 Å². The summed E-state index contributed by atoms with van der Waals surface area (Å²) in [5.41, 5.74) is 3.32. The average molecular weight is 590 g/mol. The predicted molar refractivity (Wildman–Crippen MR) is 165 cm³/mol. The fraction of sp³-hybridized carbons (Fsp3) is 0.364. The molecule has 1 aliphatic rings. The van der Waals surface area contributed by atoms with Gasteiger partial charge < -0.3 is 10.2 Å². The van der Waals surface area contributed by atoms with Crippen LogP contribution in [0.25, 0.3) is 0 Å². The zero-order valence-electron chi connectivity index (χ0n) is 24.5. The summed E-state index contributed by atoms with van der Waals surface area (Å²) in [5, 5.41) is 3.16. The molecule has 1 N–H and O–H groups in total. The van der Waals surface area contributed by atoms with Crippen LogP contribution < -0.4 is 9.62 Å². The number of anilines is 1. The zero-order valence-corrected chi connectivity index (χ0v) is 25.3. The van der Waals surface area contributed by atoms with Crippen LogP contribution in [0.5, 0.6) is 0 Å². The van der Waals surface area contributed by atoms with E-state index in [0.29, 0.717) is 5.56 Å². The number of hydrogen-bond acceptors (Lipinski definition) is 5. The van der Waals surface area contributed by atoms with Crippen molar-refractivity contribution in [2.45, 2.75) is 64.6 Å². The first-order valence-corrected chi connectivity index (χ1v) is 16.1.